The van der Waals surface area contributed by atoms with Gasteiger partial charge in [-0.05, 0) is 11.6 Å². The second kappa shape index (κ2) is 6.44. The molecule has 0 bridgehead atoms. The molecule has 0 amide bonds. The van der Waals surface area contributed by atoms with Gasteiger partial charge in [-0.3, -0.25) is 4.99 Å². The maximum Gasteiger partial charge on any atom is 0.0525 e. The number of benzene rings is 1. The Balaban J connectivity index is 2.41. The van der Waals surface area contributed by atoms with Crippen LogP contribution in [0.1, 0.15) is 5.56 Å². The van der Waals surface area contributed by atoms with Crippen LogP contribution in [-0.2, 0) is 0 Å². The number of nitrogens with zero attached hydrogens (tertiary/aromatic N) is 1. The first kappa shape index (κ1) is 10.0. The quantitative estimate of drug-likeness (QED) is 0.515. The van der Waals surface area contributed by atoms with Gasteiger partial charge in [0.15, 0.2) is 0 Å². The highest BCUT2D eigenvalue weighted by Gasteiger charge is 1.79. The molecule has 0 spiro atoms. The highest BCUT2D eigenvalue weighted by molar-refractivity contribution is 6.18. The number of allylic oxidation sites excluding steroid dienone is 1. The largest absolute Gasteiger partial charge is 0.292 e. The van der Waals surface area contributed by atoms with Crippen LogP contribution in [0.3, 0.4) is 0 Å². The van der Waals surface area contributed by atoms with Gasteiger partial charge in [0.1, 0.15) is 0 Å². The molecule has 2 heteroatoms. The minimum atomic E-state index is 0.579. The monoisotopic (exact) mass is 193 g/mol. The fourth-order valence-corrected chi connectivity index (χ4v) is 1.00. The Morgan fingerprint density at radius 1 is 1.23 bits per heavy atom. The number of aliphatic imine (C=N–C) groups is 1. The minimum absolute atomic E-state index is 0.579. The van der Waals surface area contributed by atoms with E-state index in [1.165, 1.54) is 5.56 Å². The third-order valence-corrected chi connectivity index (χ3v) is 1.66. The van der Waals surface area contributed by atoms with E-state index < -0.39 is 0 Å². The average Bonchev–Trinajstić information content (AvgIpc) is 2.19. The lowest BCUT2D eigenvalue weighted by Gasteiger charge is -1.88. The number of hydrogen-bond acceptors (Lipinski definition) is 1. The fourth-order valence-electron chi connectivity index (χ4n) is 0.902. The normalized spacial score (nSPS) is 11.5. The molecule has 0 aromatic heterocycles. The summed E-state index contributed by atoms with van der Waals surface area (Å²) < 4.78 is 0. The van der Waals surface area contributed by atoms with Gasteiger partial charge in [-0.2, -0.15) is 0 Å². The second-order valence-corrected chi connectivity index (χ2v) is 2.89. The summed E-state index contributed by atoms with van der Waals surface area (Å²) in [7, 11) is 0. The van der Waals surface area contributed by atoms with Crippen molar-refractivity contribution in [1.82, 2.24) is 0 Å². The summed E-state index contributed by atoms with van der Waals surface area (Å²) in [5, 5.41) is 0. The molecule has 0 N–H and O–H groups in total. The van der Waals surface area contributed by atoms with Crippen LogP contribution in [0.15, 0.2) is 41.4 Å². The number of hydrogen-bond donors (Lipinski definition) is 0. The summed E-state index contributed by atoms with van der Waals surface area (Å²) in [6.07, 6.45) is 5.70. The third-order valence-electron chi connectivity index (χ3n) is 1.49. The minimum Gasteiger partial charge on any atom is -0.292 e. The summed E-state index contributed by atoms with van der Waals surface area (Å²) >= 11 is 5.46. The molecule has 0 fully saturated rings. The van der Waals surface area contributed by atoms with Crippen LogP contribution < -0.4 is 0 Å². The van der Waals surface area contributed by atoms with Crippen molar-refractivity contribution in [3.05, 3.63) is 42.0 Å². The Hall–Kier alpha value is -1.08. The maximum absolute atomic E-state index is 5.46. The van der Waals surface area contributed by atoms with Crippen LogP contribution in [0.5, 0.6) is 0 Å². The average molecular weight is 194 g/mol. The van der Waals surface area contributed by atoms with Crippen LogP contribution >= 0.6 is 11.6 Å². The molecule has 0 heterocycles. The third kappa shape index (κ3) is 4.48. The first-order valence-corrected chi connectivity index (χ1v) is 4.74. The molecular formula is C11H12ClN. The van der Waals surface area contributed by atoms with Gasteiger partial charge in [-0.15, -0.1) is 11.6 Å². The summed E-state index contributed by atoms with van der Waals surface area (Å²) in [5.41, 5.74) is 1.18. The van der Waals surface area contributed by atoms with E-state index in [1.807, 2.05) is 42.5 Å². The molecule has 1 aromatic carbocycles. The van der Waals surface area contributed by atoms with Gasteiger partial charge in [0.05, 0.1) is 6.54 Å². The number of alkyl halides is 1. The maximum atomic E-state index is 5.46. The topological polar surface area (TPSA) is 12.4 Å². The van der Waals surface area contributed by atoms with Crippen molar-refractivity contribution in [1.29, 1.82) is 0 Å². The highest BCUT2D eigenvalue weighted by atomic mass is 35.5. The highest BCUT2D eigenvalue weighted by Crippen LogP contribution is 1.99. The Morgan fingerprint density at radius 3 is 2.69 bits per heavy atom. The van der Waals surface area contributed by atoms with Gasteiger partial charge < -0.3 is 0 Å². The zero-order chi connectivity index (χ0) is 9.36. The Labute approximate surface area is 83.8 Å². The van der Waals surface area contributed by atoms with Crippen molar-refractivity contribution in [2.75, 3.05) is 12.4 Å². The van der Waals surface area contributed by atoms with E-state index in [9.17, 15) is 0 Å². The van der Waals surface area contributed by atoms with Gasteiger partial charge in [0.25, 0.3) is 0 Å². The van der Waals surface area contributed by atoms with Crippen molar-refractivity contribution < 1.29 is 0 Å². The van der Waals surface area contributed by atoms with Crippen LogP contribution in [-0.4, -0.2) is 18.6 Å². The van der Waals surface area contributed by atoms with E-state index in [-0.39, 0.29) is 0 Å². The Kier molecular flexibility index (Phi) is 4.95. The molecule has 1 aromatic rings. The predicted octanol–water partition coefficient (Wildman–Crippen LogP) is 3.01. The lowest BCUT2D eigenvalue weighted by atomic mass is 10.2. The molecule has 0 radical (unpaired) electrons. The van der Waals surface area contributed by atoms with Gasteiger partial charge in [-0.25, -0.2) is 0 Å². The molecule has 0 aliphatic heterocycles. The van der Waals surface area contributed by atoms with Gasteiger partial charge in [0, 0.05) is 12.1 Å². The van der Waals surface area contributed by atoms with Crippen LogP contribution in [0.2, 0.25) is 0 Å². The van der Waals surface area contributed by atoms with E-state index in [0.717, 1.165) is 0 Å². The van der Waals surface area contributed by atoms with Crippen LogP contribution in [0, 0.1) is 0 Å². The lowest BCUT2D eigenvalue weighted by Crippen LogP contribution is -1.79. The number of halogens is 1. The summed E-state index contributed by atoms with van der Waals surface area (Å²) in [4.78, 5) is 4.06. The van der Waals surface area contributed by atoms with E-state index in [4.69, 9.17) is 11.6 Å². The van der Waals surface area contributed by atoms with Crippen molar-refractivity contribution in [3.8, 4) is 0 Å². The predicted molar refractivity (Wildman–Crippen MR) is 59.6 cm³/mol. The molecule has 0 saturated heterocycles. The molecule has 0 atom stereocenters. The molecule has 0 saturated carbocycles. The van der Waals surface area contributed by atoms with E-state index >= 15 is 0 Å². The van der Waals surface area contributed by atoms with Crippen LogP contribution in [0.25, 0.3) is 6.08 Å². The standard InChI is InChI=1S/C11H12ClN/c12-8-10-13-9-4-7-11-5-2-1-3-6-11/h1-7,9H,8,10H2/b7-4-,13-9?. The summed E-state index contributed by atoms with van der Waals surface area (Å²) in [6.45, 7) is 0.681. The molecule has 0 aliphatic rings. The molecule has 13 heavy (non-hydrogen) atoms. The molecular weight excluding hydrogens is 182 g/mol. The second-order valence-electron chi connectivity index (χ2n) is 2.51. The van der Waals surface area contributed by atoms with Gasteiger partial charge >= 0.3 is 0 Å². The molecule has 1 rings (SSSR count). The number of rotatable bonds is 4. The zero-order valence-electron chi connectivity index (χ0n) is 7.36. The van der Waals surface area contributed by atoms with Crippen LogP contribution in [0.4, 0.5) is 0 Å². The Morgan fingerprint density at radius 2 is 2.00 bits per heavy atom. The van der Waals surface area contributed by atoms with E-state index in [0.29, 0.717) is 12.4 Å². The SMILES string of the molecule is ClCCN=C/C=C\c1ccccc1. The Bertz CT molecular complexity index is 277. The molecule has 68 valence electrons. The molecule has 0 unspecified atom stereocenters. The first-order valence-electron chi connectivity index (χ1n) is 4.21. The smallest absolute Gasteiger partial charge is 0.0525 e. The first-order chi connectivity index (χ1) is 6.43. The van der Waals surface area contributed by atoms with E-state index in [2.05, 4.69) is 4.99 Å². The fraction of sp³-hybridized carbons (Fsp3) is 0.182. The van der Waals surface area contributed by atoms with Gasteiger partial charge in [-0.1, -0.05) is 36.4 Å². The van der Waals surface area contributed by atoms with Crippen molar-refractivity contribution in [2.24, 2.45) is 4.99 Å². The molecule has 1 nitrogen and oxygen atoms in total. The van der Waals surface area contributed by atoms with Crippen molar-refractivity contribution in [3.63, 3.8) is 0 Å². The van der Waals surface area contributed by atoms with E-state index in [1.54, 1.807) is 6.21 Å². The summed E-state index contributed by atoms with van der Waals surface area (Å²) in [5.74, 6) is 0.579. The summed E-state index contributed by atoms with van der Waals surface area (Å²) in [6, 6.07) is 10.1. The van der Waals surface area contributed by atoms with Crippen molar-refractivity contribution >= 4 is 23.9 Å². The lowest BCUT2D eigenvalue weighted by molar-refractivity contribution is 1.15. The molecule has 0 aliphatic carbocycles. The van der Waals surface area contributed by atoms with Gasteiger partial charge in [0.2, 0.25) is 0 Å². The van der Waals surface area contributed by atoms with Crippen molar-refractivity contribution in [2.45, 2.75) is 0 Å². The zero-order valence-corrected chi connectivity index (χ0v) is 8.11.